The second-order valence-corrected chi connectivity index (χ2v) is 2.73. The van der Waals surface area contributed by atoms with Gasteiger partial charge >= 0.3 is 5.97 Å². The van der Waals surface area contributed by atoms with Crippen molar-refractivity contribution in [2.24, 2.45) is 16.5 Å². The van der Waals surface area contributed by atoms with Crippen molar-refractivity contribution in [3.63, 3.8) is 0 Å². The van der Waals surface area contributed by atoms with Gasteiger partial charge in [-0.3, -0.25) is 0 Å². The van der Waals surface area contributed by atoms with Gasteiger partial charge in [-0.1, -0.05) is 0 Å². The zero-order valence-corrected chi connectivity index (χ0v) is 8.10. The van der Waals surface area contributed by atoms with Gasteiger partial charge in [-0.05, 0) is 12.1 Å². The Balaban J connectivity index is 3.09. The number of nitrogens with two attached hydrogens (primary N) is 2. The first-order valence-corrected chi connectivity index (χ1v) is 4.05. The molecule has 1 rings (SSSR count). The molecule has 0 heterocycles. The topological polar surface area (TPSA) is 111 Å². The van der Waals surface area contributed by atoms with Crippen molar-refractivity contribution >= 4 is 17.6 Å². The number of methoxy groups -OCH3 is 1. The summed E-state index contributed by atoms with van der Waals surface area (Å²) in [5, 5.41) is 9.45. The monoisotopic (exact) mass is 209 g/mol. The maximum absolute atomic E-state index is 11.1. The Labute approximate surface area is 86.2 Å². The number of phenolic OH excluding ortho intramolecular Hbond substituents is 1. The Bertz CT molecular complexity index is 411. The molecule has 0 atom stereocenters. The molecule has 6 heteroatoms. The summed E-state index contributed by atoms with van der Waals surface area (Å²) in [5.41, 5.74) is 10.7. The SMILES string of the molecule is COC(=O)c1ccc(N=C(N)N)cc1O. The number of benzene rings is 1. The second kappa shape index (κ2) is 4.32. The van der Waals surface area contributed by atoms with Gasteiger partial charge in [0.1, 0.15) is 11.3 Å². The Hall–Kier alpha value is -2.24. The molecule has 1 aromatic carbocycles. The van der Waals surface area contributed by atoms with E-state index < -0.39 is 5.97 Å². The average Bonchev–Trinajstić information content (AvgIpc) is 2.16. The molecule has 80 valence electrons. The molecule has 0 radical (unpaired) electrons. The van der Waals surface area contributed by atoms with E-state index in [9.17, 15) is 9.90 Å². The lowest BCUT2D eigenvalue weighted by atomic mass is 10.2. The number of guanidine groups is 1. The van der Waals surface area contributed by atoms with Crippen LogP contribution in [-0.2, 0) is 4.74 Å². The average molecular weight is 209 g/mol. The molecule has 0 aliphatic carbocycles. The maximum Gasteiger partial charge on any atom is 0.341 e. The van der Waals surface area contributed by atoms with Crippen LogP contribution in [-0.4, -0.2) is 24.1 Å². The van der Waals surface area contributed by atoms with Gasteiger partial charge < -0.3 is 21.3 Å². The first-order chi connectivity index (χ1) is 7.04. The zero-order valence-electron chi connectivity index (χ0n) is 8.10. The third kappa shape index (κ3) is 2.60. The van der Waals surface area contributed by atoms with Gasteiger partial charge in [0.15, 0.2) is 5.96 Å². The maximum atomic E-state index is 11.1. The van der Waals surface area contributed by atoms with Crippen LogP contribution in [0, 0.1) is 0 Å². The molecule has 0 aromatic heterocycles. The molecule has 15 heavy (non-hydrogen) atoms. The minimum Gasteiger partial charge on any atom is -0.507 e. The minimum absolute atomic E-state index is 0.0621. The fourth-order valence-electron chi connectivity index (χ4n) is 1.02. The van der Waals surface area contributed by atoms with Crippen molar-refractivity contribution in [2.45, 2.75) is 0 Å². The first kappa shape index (κ1) is 10.8. The fourth-order valence-corrected chi connectivity index (χ4v) is 1.02. The molecular formula is C9H11N3O3. The normalized spacial score (nSPS) is 9.40. The number of phenols is 1. The van der Waals surface area contributed by atoms with E-state index in [4.69, 9.17) is 11.5 Å². The van der Waals surface area contributed by atoms with E-state index in [1.807, 2.05) is 0 Å². The smallest absolute Gasteiger partial charge is 0.341 e. The van der Waals surface area contributed by atoms with Gasteiger partial charge in [-0.15, -0.1) is 0 Å². The molecule has 0 amide bonds. The van der Waals surface area contributed by atoms with Crippen molar-refractivity contribution < 1.29 is 14.6 Å². The van der Waals surface area contributed by atoms with Gasteiger partial charge in [0.2, 0.25) is 0 Å². The van der Waals surface area contributed by atoms with Gasteiger partial charge in [-0.2, -0.15) is 0 Å². The summed E-state index contributed by atoms with van der Waals surface area (Å²) in [6.07, 6.45) is 0. The summed E-state index contributed by atoms with van der Waals surface area (Å²) in [6.45, 7) is 0. The van der Waals surface area contributed by atoms with E-state index in [0.29, 0.717) is 5.69 Å². The molecule has 0 unspecified atom stereocenters. The summed E-state index contributed by atoms with van der Waals surface area (Å²) in [5.74, 6) is -0.978. The van der Waals surface area contributed by atoms with Gasteiger partial charge in [0.25, 0.3) is 0 Å². The van der Waals surface area contributed by atoms with Crippen molar-refractivity contribution in [1.82, 2.24) is 0 Å². The van der Waals surface area contributed by atoms with Crippen molar-refractivity contribution in [3.05, 3.63) is 23.8 Å². The van der Waals surface area contributed by atoms with Crippen molar-refractivity contribution in [3.8, 4) is 5.75 Å². The number of rotatable bonds is 2. The predicted octanol–water partition coefficient (Wildman–Crippen LogP) is 0.0837. The number of aliphatic imine (C=N–C) groups is 1. The minimum atomic E-state index is -0.622. The van der Waals surface area contributed by atoms with Crippen LogP contribution in [0.25, 0.3) is 0 Å². The highest BCUT2D eigenvalue weighted by Crippen LogP contribution is 2.24. The number of hydrogen-bond donors (Lipinski definition) is 3. The Morgan fingerprint density at radius 3 is 2.60 bits per heavy atom. The number of aromatic hydroxyl groups is 1. The van der Waals surface area contributed by atoms with E-state index in [-0.39, 0.29) is 17.3 Å². The number of hydrogen-bond acceptors (Lipinski definition) is 4. The van der Waals surface area contributed by atoms with Crippen LogP contribution < -0.4 is 11.5 Å². The molecule has 1 aromatic rings. The molecule has 0 saturated heterocycles. The summed E-state index contributed by atoms with van der Waals surface area (Å²) in [4.78, 5) is 14.8. The lowest BCUT2D eigenvalue weighted by Gasteiger charge is -2.03. The number of esters is 1. The lowest BCUT2D eigenvalue weighted by molar-refractivity contribution is 0.0597. The number of nitrogens with zero attached hydrogens (tertiary/aromatic N) is 1. The van der Waals surface area contributed by atoms with E-state index in [0.717, 1.165) is 0 Å². The quantitative estimate of drug-likeness (QED) is 0.363. The van der Waals surface area contributed by atoms with Crippen LogP contribution in [0.4, 0.5) is 5.69 Å². The number of carbonyl (C=O) groups excluding carboxylic acids is 1. The van der Waals surface area contributed by atoms with Gasteiger partial charge in [0.05, 0.1) is 12.8 Å². The second-order valence-electron chi connectivity index (χ2n) is 2.73. The van der Waals surface area contributed by atoms with Gasteiger partial charge in [-0.25, -0.2) is 9.79 Å². The van der Waals surface area contributed by atoms with E-state index in [2.05, 4.69) is 9.73 Å². The predicted molar refractivity (Wildman–Crippen MR) is 54.9 cm³/mol. The number of ether oxygens (including phenoxy) is 1. The summed E-state index contributed by atoms with van der Waals surface area (Å²) in [7, 11) is 1.23. The van der Waals surface area contributed by atoms with E-state index >= 15 is 0 Å². The van der Waals surface area contributed by atoms with Gasteiger partial charge in [0, 0.05) is 6.07 Å². The van der Waals surface area contributed by atoms with Crippen LogP contribution in [0.2, 0.25) is 0 Å². The molecule has 0 spiro atoms. The number of carbonyl (C=O) groups is 1. The van der Waals surface area contributed by atoms with Crippen LogP contribution >= 0.6 is 0 Å². The van der Waals surface area contributed by atoms with Crippen molar-refractivity contribution in [2.75, 3.05) is 7.11 Å². The standard InChI is InChI=1S/C9H11N3O3/c1-15-8(14)6-3-2-5(4-7(6)13)12-9(10)11/h2-4,13H,1H3,(H4,10,11,12). The fraction of sp³-hybridized carbons (Fsp3) is 0.111. The molecule has 0 saturated carbocycles. The Morgan fingerprint density at radius 1 is 1.47 bits per heavy atom. The summed E-state index contributed by atoms with van der Waals surface area (Å²) < 4.78 is 4.45. The van der Waals surface area contributed by atoms with Crippen molar-refractivity contribution in [1.29, 1.82) is 0 Å². The molecule has 5 N–H and O–H groups in total. The molecule has 0 bridgehead atoms. The third-order valence-electron chi connectivity index (χ3n) is 1.64. The van der Waals surface area contributed by atoms with Crippen LogP contribution in [0.15, 0.2) is 23.2 Å². The van der Waals surface area contributed by atoms with E-state index in [1.165, 1.54) is 25.3 Å². The Kier molecular flexibility index (Phi) is 3.12. The molecule has 0 aliphatic rings. The highest BCUT2D eigenvalue weighted by atomic mass is 16.5. The summed E-state index contributed by atoms with van der Waals surface area (Å²) >= 11 is 0. The highest BCUT2D eigenvalue weighted by molar-refractivity contribution is 5.93. The van der Waals surface area contributed by atoms with Crippen LogP contribution in [0.1, 0.15) is 10.4 Å². The van der Waals surface area contributed by atoms with Crippen LogP contribution in [0.3, 0.4) is 0 Å². The van der Waals surface area contributed by atoms with Crippen LogP contribution in [0.5, 0.6) is 5.75 Å². The Morgan fingerprint density at radius 2 is 2.13 bits per heavy atom. The largest absolute Gasteiger partial charge is 0.507 e. The molecule has 0 fully saturated rings. The first-order valence-electron chi connectivity index (χ1n) is 4.05. The zero-order chi connectivity index (χ0) is 11.4. The molecular weight excluding hydrogens is 198 g/mol. The molecule has 6 nitrogen and oxygen atoms in total. The molecule has 0 aliphatic heterocycles. The third-order valence-corrected chi connectivity index (χ3v) is 1.64. The highest BCUT2D eigenvalue weighted by Gasteiger charge is 2.11. The summed E-state index contributed by atoms with van der Waals surface area (Å²) in [6, 6.07) is 4.14. The van der Waals surface area contributed by atoms with E-state index in [1.54, 1.807) is 0 Å². The lowest BCUT2D eigenvalue weighted by Crippen LogP contribution is -2.21.